The molecule has 2 nitrogen and oxygen atoms in total. The van der Waals surface area contributed by atoms with E-state index in [9.17, 15) is 0 Å². The van der Waals surface area contributed by atoms with Gasteiger partial charge in [-0.15, -0.1) is 0 Å². The van der Waals surface area contributed by atoms with Gasteiger partial charge in [-0.2, -0.15) is 0 Å². The van der Waals surface area contributed by atoms with Crippen LogP contribution in [0.1, 0.15) is 33.3 Å². The SMILES string of the molecule is C=C1Oc2cc(C(C)(C)C)ccc2N1CC. The number of benzene rings is 1. The van der Waals surface area contributed by atoms with Gasteiger partial charge in [-0.25, -0.2) is 0 Å². The van der Waals surface area contributed by atoms with Crippen LogP contribution in [-0.4, -0.2) is 6.54 Å². The van der Waals surface area contributed by atoms with Crippen LogP contribution in [-0.2, 0) is 5.41 Å². The molecule has 0 radical (unpaired) electrons. The zero-order chi connectivity index (χ0) is 11.9. The molecule has 1 aromatic carbocycles. The van der Waals surface area contributed by atoms with Crippen molar-refractivity contribution in [3.63, 3.8) is 0 Å². The van der Waals surface area contributed by atoms with Crippen LogP contribution in [0.3, 0.4) is 0 Å². The summed E-state index contributed by atoms with van der Waals surface area (Å²) in [5.74, 6) is 1.66. The molecule has 2 heteroatoms. The fraction of sp³-hybridized carbons (Fsp3) is 0.429. The average molecular weight is 217 g/mol. The quantitative estimate of drug-likeness (QED) is 0.711. The summed E-state index contributed by atoms with van der Waals surface area (Å²) in [5.41, 5.74) is 2.57. The maximum Gasteiger partial charge on any atom is 0.193 e. The van der Waals surface area contributed by atoms with E-state index in [1.807, 2.05) is 0 Å². The predicted octanol–water partition coefficient (Wildman–Crippen LogP) is 3.67. The lowest BCUT2D eigenvalue weighted by Gasteiger charge is -2.20. The van der Waals surface area contributed by atoms with Crippen LogP contribution in [0.25, 0.3) is 0 Å². The van der Waals surface area contributed by atoms with Crippen molar-refractivity contribution >= 4 is 5.69 Å². The summed E-state index contributed by atoms with van der Waals surface area (Å²) in [6, 6.07) is 6.41. The number of rotatable bonds is 1. The van der Waals surface area contributed by atoms with E-state index >= 15 is 0 Å². The first kappa shape index (κ1) is 11.1. The van der Waals surface area contributed by atoms with Gasteiger partial charge in [-0.1, -0.05) is 26.8 Å². The van der Waals surface area contributed by atoms with Crippen molar-refractivity contribution in [1.29, 1.82) is 0 Å². The summed E-state index contributed by atoms with van der Waals surface area (Å²) in [4.78, 5) is 2.09. The lowest BCUT2D eigenvalue weighted by molar-refractivity contribution is 0.441. The van der Waals surface area contributed by atoms with Crippen molar-refractivity contribution in [1.82, 2.24) is 0 Å². The molecule has 0 bridgehead atoms. The minimum atomic E-state index is 0.152. The molecule has 16 heavy (non-hydrogen) atoms. The van der Waals surface area contributed by atoms with Crippen LogP contribution < -0.4 is 9.64 Å². The highest BCUT2D eigenvalue weighted by Gasteiger charge is 2.25. The number of nitrogens with zero attached hydrogens (tertiary/aromatic N) is 1. The fourth-order valence-corrected chi connectivity index (χ4v) is 1.95. The third-order valence-electron chi connectivity index (χ3n) is 2.96. The molecule has 1 aliphatic heterocycles. The molecule has 86 valence electrons. The number of ether oxygens (including phenoxy) is 1. The lowest BCUT2D eigenvalue weighted by Crippen LogP contribution is -2.18. The first-order valence-corrected chi connectivity index (χ1v) is 5.72. The van der Waals surface area contributed by atoms with E-state index in [1.165, 1.54) is 5.56 Å². The summed E-state index contributed by atoms with van der Waals surface area (Å²) in [7, 11) is 0. The number of hydrogen-bond acceptors (Lipinski definition) is 2. The number of hydrogen-bond donors (Lipinski definition) is 0. The molecule has 0 unspecified atom stereocenters. The molecule has 0 N–H and O–H groups in total. The van der Waals surface area contributed by atoms with Crippen LogP contribution in [0.2, 0.25) is 0 Å². The van der Waals surface area contributed by atoms with Crippen LogP contribution in [0.15, 0.2) is 30.7 Å². The second kappa shape index (κ2) is 3.55. The third-order valence-corrected chi connectivity index (χ3v) is 2.96. The van der Waals surface area contributed by atoms with E-state index in [1.54, 1.807) is 0 Å². The van der Waals surface area contributed by atoms with Gasteiger partial charge in [-0.3, -0.25) is 0 Å². The Morgan fingerprint density at radius 3 is 2.56 bits per heavy atom. The molecule has 0 spiro atoms. The zero-order valence-corrected chi connectivity index (χ0v) is 10.5. The molecule has 0 atom stereocenters. The maximum atomic E-state index is 5.68. The van der Waals surface area contributed by atoms with Gasteiger partial charge in [0.05, 0.1) is 5.69 Å². The van der Waals surface area contributed by atoms with E-state index in [-0.39, 0.29) is 5.41 Å². The highest BCUT2D eigenvalue weighted by Crippen LogP contribution is 2.40. The Labute approximate surface area is 97.5 Å². The Bertz CT molecular complexity index is 429. The average Bonchev–Trinajstić information content (AvgIpc) is 2.50. The molecule has 0 aliphatic carbocycles. The van der Waals surface area contributed by atoms with Gasteiger partial charge in [-0.05, 0) is 36.6 Å². The molecule has 2 rings (SSSR count). The summed E-state index contributed by atoms with van der Waals surface area (Å²) in [5, 5.41) is 0. The number of anilines is 1. The summed E-state index contributed by atoms with van der Waals surface area (Å²) in [6.07, 6.45) is 0. The van der Waals surface area contributed by atoms with Gasteiger partial charge in [0.15, 0.2) is 11.6 Å². The van der Waals surface area contributed by atoms with Gasteiger partial charge in [0.1, 0.15) is 0 Å². The van der Waals surface area contributed by atoms with E-state index in [2.05, 4.69) is 57.4 Å². The molecule has 1 aromatic rings. The van der Waals surface area contributed by atoms with Crippen LogP contribution >= 0.6 is 0 Å². The summed E-state index contributed by atoms with van der Waals surface area (Å²) >= 11 is 0. The molecule has 0 fully saturated rings. The predicted molar refractivity (Wildman–Crippen MR) is 67.9 cm³/mol. The first-order chi connectivity index (χ1) is 7.43. The summed E-state index contributed by atoms with van der Waals surface area (Å²) < 4.78 is 5.68. The lowest BCUT2D eigenvalue weighted by atomic mass is 9.87. The van der Waals surface area contributed by atoms with E-state index in [4.69, 9.17) is 4.74 Å². The van der Waals surface area contributed by atoms with Crippen molar-refractivity contribution in [2.75, 3.05) is 11.4 Å². The highest BCUT2D eigenvalue weighted by molar-refractivity contribution is 5.67. The molecule has 1 aliphatic rings. The topological polar surface area (TPSA) is 12.5 Å². The molecular weight excluding hydrogens is 198 g/mol. The van der Waals surface area contributed by atoms with Crippen LogP contribution in [0.5, 0.6) is 5.75 Å². The zero-order valence-electron chi connectivity index (χ0n) is 10.5. The van der Waals surface area contributed by atoms with Gasteiger partial charge in [0.25, 0.3) is 0 Å². The second-order valence-electron chi connectivity index (χ2n) is 5.17. The Kier molecular flexibility index (Phi) is 2.45. The van der Waals surface area contributed by atoms with E-state index in [0.29, 0.717) is 0 Å². The normalized spacial score (nSPS) is 15.0. The first-order valence-electron chi connectivity index (χ1n) is 5.72. The van der Waals surface area contributed by atoms with Gasteiger partial charge in [0, 0.05) is 6.54 Å². The highest BCUT2D eigenvalue weighted by atomic mass is 16.5. The van der Waals surface area contributed by atoms with Crippen molar-refractivity contribution < 1.29 is 4.74 Å². The van der Waals surface area contributed by atoms with Gasteiger partial charge >= 0.3 is 0 Å². The fourth-order valence-electron chi connectivity index (χ4n) is 1.95. The minimum absolute atomic E-state index is 0.152. The standard InChI is InChI=1S/C14H19NO/c1-6-15-10(2)16-13-9-11(14(3,4)5)7-8-12(13)15/h7-9H,2,6H2,1,3-5H3. The van der Waals surface area contributed by atoms with Gasteiger partial charge in [0.2, 0.25) is 0 Å². The van der Waals surface area contributed by atoms with Crippen LogP contribution in [0, 0.1) is 0 Å². The van der Waals surface area contributed by atoms with E-state index in [0.717, 1.165) is 23.9 Å². The third kappa shape index (κ3) is 1.69. The monoisotopic (exact) mass is 217 g/mol. The van der Waals surface area contributed by atoms with Crippen molar-refractivity contribution in [3.8, 4) is 5.75 Å². The molecule has 0 amide bonds. The molecule has 0 saturated carbocycles. The van der Waals surface area contributed by atoms with Crippen molar-refractivity contribution in [2.45, 2.75) is 33.1 Å². The smallest absolute Gasteiger partial charge is 0.193 e. The Morgan fingerprint density at radius 1 is 1.31 bits per heavy atom. The van der Waals surface area contributed by atoms with Crippen molar-refractivity contribution in [3.05, 3.63) is 36.2 Å². The Morgan fingerprint density at radius 2 is 2.00 bits per heavy atom. The Balaban J connectivity index is 2.44. The molecule has 0 saturated heterocycles. The Hall–Kier alpha value is -1.44. The largest absolute Gasteiger partial charge is 0.439 e. The van der Waals surface area contributed by atoms with Crippen molar-refractivity contribution in [2.24, 2.45) is 0 Å². The minimum Gasteiger partial charge on any atom is -0.439 e. The van der Waals surface area contributed by atoms with Crippen LogP contribution in [0.4, 0.5) is 5.69 Å². The van der Waals surface area contributed by atoms with E-state index < -0.39 is 0 Å². The summed E-state index contributed by atoms with van der Waals surface area (Å²) in [6.45, 7) is 13.5. The molecular formula is C14H19NO. The second-order valence-corrected chi connectivity index (χ2v) is 5.17. The molecule has 1 heterocycles. The van der Waals surface area contributed by atoms with Gasteiger partial charge < -0.3 is 9.64 Å². The molecule has 0 aromatic heterocycles. The maximum absolute atomic E-state index is 5.68. The number of fused-ring (bicyclic) bond motifs is 1.